The first-order valence-electron chi connectivity index (χ1n) is 10.1. The van der Waals surface area contributed by atoms with Crippen molar-refractivity contribution in [1.29, 1.82) is 0 Å². The Kier molecular flexibility index (Phi) is 8.03. The number of amides is 2. The Morgan fingerprint density at radius 3 is 2.21 bits per heavy atom. The van der Waals surface area contributed by atoms with Crippen LogP contribution in [0.25, 0.3) is 0 Å². The minimum atomic E-state index is -0.583. The van der Waals surface area contributed by atoms with Gasteiger partial charge in [0.05, 0.1) is 0 Å². The van der Waals surface area contributed by atoms with Crippen molar-refractivity contribution in [2.45, 2.75) is 71.4 Å². The van der Waals surface area contributed by atoms with Crippen LogP contribution >= 0.6 is 0 Å². The van der Waals surface area contributed by atoms with Gasteiger partial charge >= 0.3 is 0 Å². The second kappa shape index (κ2) is 10.2. The van der Waals surface area contributed by atoms with E-state index in [1.807, 2.05) is 24.3 Å². The Hall–Kier alpha value is -2.37. The molecule has 1 unspecified atom stereocenters. The molecule has 1 aliphatic rings. The lowest BCUT2D eigenvalue weighted by atomic mass is 10.0. The van der Waals surface area contributed by atoms with Crippen molar-refractivity contribution in [3.8, 4) is 5.75 Å². The van der Waals surface area contributed by atoms with Crippen molar-refractivity contribution in [3.05, 3.63) is 29.8 Å². The maximum absolute atomic E-state index is 12.4. The molecule has 0 aliphatic carbocycles. The van der Waals surface area contributed by atoms with E-state index < -0.39 is 6.10 Å². The third-order valence-electron chi connectivity index (χ3n) is 5.11. The molecule has 0 bridgehead atoms. The zero-order valence-corrected chi connectivity index (χ0v) is 17.4. The second-order valence-electron chi connectivity index (χ2n) is 7.85. The van der Waals surface area contributed by atoms with Crippen LogP contribution in [0, 0.1) is 0 Å². The molecule has 1 aliphatic heterocycles. The summed E-state index contributed by atoms with van der Waals surface area (Å²) >= 11 is 0. The van der Waals surface area contributed by atoms with Gasteiger partial charge in [-0.15, -0.1) is 0 Å². The largest absolute Gasteiger partial charge is 0.481 e. The van der Waals surface area contributed by atoms with Gasteiger partial charge in [-0.2, -0.15) is 0 Å². The number of rotatable bonds is 8. The maximum atomic E-state index is 12.4. The van der Waals surface area contributed by atoms with Crippen molar-refractivity contribution < 1.29 is 19.1 Å². The van der Waals surface area contributed by atoms with Crippen molar-refractivity contribution in [2.24, 2.45) is 0 Å². The van der Waals surface area contributed by atoms with Crippen LogP contribution in [0.3, 0.4) is 0 Å². The molecular formula is C22H32N2O4. The summed E-state index contributed by atoms with van der Waals surface area (Å²) in [5.41, 5.74) is 1.23. The average Bonchev–Trinajstić information content (AvgIpc) is 2.67. The van der Waals surface area contributed by atoms with Gasteiger partial charge < -0.3 is 19.7 Å². The highest BCUT2D eigenvalue weighted by Crippen LogP contribution is 2.19. The van der Waals surface area contributed by atoms with E-state index in [4.69, 9.17) is 4.74 Å². The van der Waals surface area contributed by atoms with E-state index in [1.165, 1.54) is 12.5 Å². The number of carbonyl (C=O) groups is 3. The van der Waals surface area contributed by atoms with Crippen molar-refractivity contribution in [2.75, 3.05) is 13.1 Å². The summed E-state index contributed by atoms with van der Waals surface area (Å²) in [7, 11) is 0. The van der Waals surface area contributed by atoms with Gasteiger partial charge in [0.25, 0.3) is 5.91 Å². The van der Waals surface area contributed by atoms with Crippen molar-refractivity contribution in [3.63, 3.8) is 0 Å². The van der Waals surface area contributed by atoms with Gasteiger partial charge in [0, 0.05) is 32.0 Å². The van der Waals surface area contributed by atoms with Gasteiger partial charge in [0.1, 0.15) is 11.5 Å². The maximum Gasteiger partial charge on any atom is 0.260 e. The van der Waals surface area contributed by atoms with Crippen LogP contribution in [0.15, 0.2) is 24.3 Å². The number of hydrogen-bond acceptors (Lipinski definition) is 4. The molecule has 2 amide bonds. The highest BCUT2D eigenvalue weighted by molar-refractivity contribution is 5.83. The smallest absolute Gasteiger partial charge is 0.260 e. The molecule has 1 heterocycles. The van der Waals surface area contributed by atoms with Gasteiger partial charge in [-0.3, -0.25) is 9.59 Å². The zero-order valence-electron chi connectivity index (χ0n) is 17.4. The third kappa shape index (κ3) is 6.66. The molecule has 6 nitrogen and oxygen atoms in total. The van der Waals surface area contributed by atoms with Crippen LogP contribution < -0.4 is 10.1 Å². The summed E-state index contributed by atoms with van der Waals surface area (Å²) in [5, 5.41) is 3.02. The highest BCUT2D eigenvalue weighted by Gasteiger charge is 2.25. The number of ether oxygens (including phenoxy) is 1. The van der Waals surface area contributed by atoms with Crippen molar-refractivity contribution in [1.82, 2.24) is 10.2 Å². The Morgan fingerprint density at radius 2 is 1.68 bits per heavy atom. The molecule has 2 rings (SSSR count). The lowest BCUT2D eigenvalue weighted by molar-refractivity contribution is -0.134. The zero-order chi connectivity index (χ0) is 20.7. The molecule has 1 saturated heterocycles. The summed E-state index contributed by atoms with van der Waals surface area (Å²) < 4.78 is 5.76. The predicted octanol–water partition coefficient (Wildman–Crippen LogP) is 3.05. The number of benzene rings is 1. The molecule has 1 N–H and O–H groups in total. The number of piperidine rings is 1. The minimum Gasteiger partial charge on any atom is -0.481 e. The molecule has 1 fully saturated rings. The Morgan fingerprint density at radius 1 is 1.07 bits per heavy atom. The first kappa shape index (κ1) is 21.9. The Labute approximate surface area is 167 Å². The fourth-order valence-corrected chi connectivity index (χ4v) is 3.22. The number of likely N-dealkylation sites (tertiary alicyclic amines) is 1. The number of ketones is 1. The van der Waals surface area contributed by atoms with Gasteiger partial charge in [0.2, 0.25) is 5.91 Å². The van der Waals surface area contributed by atoms with E-state index in [9.17, 15) is 14.4 Å². The topological polar surface area (TPSA) is 75.7 Å². The highest BCUT2D eigenvalue weighted by atomic mass is 16.5. The van der Waals surface area contributed by atoms with Gasteiger partial charge in [0.15, 0.2) is 6.10 Å². The lowest BCUT2D eigenvalue weighted by Gasteiger charge is -2.33. The molecule has 1 aromatic rings. The fourth-order valence-electron chi connectivity index (χ4n) is 3.22. The van der Waals surface area contributed by atoms with Gasteiger partial charge in [-0.05, 0) is 50.3 Å². The fraction of sp³-hybridized carbons (Fsp3) is 0.591. The van der Waals surface area contributed by atoms with E-state index >= 15 is 0 Å². The molecule has 6 heteroatoms. The summed E-state index contributed by atoms with van der Waals surface area (Å²) in [6, 6.07) is 7.86. The Balaban J connectivity index is 1.75. The first-order chi connectivity index (χ1) is 13.3. The van der Waals surface area contributed by atoms with E-state index in [0.717, 1.165) is 0 Å². The Bertz CT molecular complexity index is 676. The quantitative estimate of drug-likeness (QED) is 0.743. The van der Waals surface area contributed by atoms with Crippen LogP contribution in [0.2, 0.25) is 0 Å². The first-order valence-corrected chi connectivity index (χ1v) is 10.1. The van der Waals surface area contributed by atoms with E-state index in [-0.39, 0.29) is 30.1 Å². The number of Topliss-reactive ketones (excluding diaryl/α,β-unsaturated/α-hetero) is 1. The van der Waals surface area contributed by atoms with Crippen LogP contribution in [0.5, 0.6) is 5.75 Å². The molecular weight excluding hydrogens is 356 g/mol. The second-order valence-corrected chi connectivity index (χ2v) is 7.85. The van der Waals surface area contributed by atoms with E-state index in [1.54, 1.807) is 11.8 Å². The molecule has 0 spiro atoms. The average molecular weight is 389 g/mol. The predicted molar refractivity (Wildman–Crippen MR) is 108 cm³/mol. The number of hydrogen-bond donors (Lipinski definition) is 1. The molecule has 0 saturated carbocycles. The monoisotopic (exact) mass is 388 g/mol. The summed E-state index contributed by atoms with van der Waals surface area (Å²) in [4.78, 5) is 37.3. The SMILES string of the molecule is CC(=O)CCC(=O)N1CCC(NC(=O)C(C)Oc2ccc(C(C)C)cc2)CC1. The number of carbonyl (C=O) groups excluding carboxylic acids is 3. The minimum absolute atomic E-state index is 0.0153. The van der Waals surface area contributed by atoms with Crippen LogP contribution in [-0.4, -0.2) is 47.7 Å². The van der Waals surface area contributed by atoms with E-state index in [2.05, 4.69) is 19.2 Å². The summed E-state index contributed by atoms with van der Waals surface area (Å²) in [5.74, 6) is 1.03. The molecule has 154 valence electrons. The summed E-state index contributed by atoms with van der Waals surface area (Å²) in [6.07, 6.45) is 1.41. The third-order valence-corrected chi connectivity index (χ3v) is 5.11. The van der Waals surface area contributed by atoms with Gasteiger partial charge in [-0.1, -0.05) is 26.0 Å². The molecule has 1 aromatic carbocycles. The number of nitrogens with one attached hydrogen (secondary N) is 1. The standard InChI is InChI=1S/C22H32N2O4/c1-15(2)18-6-8-20(9-7-18)28-17(4)22(27)23-19-11-13-24(14-12-19)21(26)10-5-16(3)25/h6-9,15,17,19H,5,10-14H2,1-4H3,(H,23,27). The van der Waals surface area contributed by atoms with Gasteiger partial charge in [-0.25, -0.2) is 0 Å². The normalized spacial score (nSPS) is 16.0. The van der Waals surface area contributed by atoms with Crippen LogP contribution in [0.4, 0.5) is 0 Å². The van der Waals surface area contributed by atoms with E-state index in [0.29, 0.717) is 44.0 Å². The van der Waals surface area contributed by atoms with Crippen LogP contribution in [-0.2, 0) is 14.4 Å². The molecule has 0 aromatic heterocycles. The molecule has 1 atom stereocenters. The molecule has 28 heavy (non-hydrogen) atoms. The number of nitrogens with zero attached hydrogens (tertiary/aromatic N) is 1. The van der Waals surface area contributed by atoms with Crippen molar-refractivity contribution >= 4 is 17.6 Å². The summed E-state index contributed by atoms with van der Waals surface area (Å²) in [6.45, 7) is 8.71. The van der Waals surface area contributed by atoms with Crippen LogP contribution in [0.1, 0.15) is 64.9 Å². The molecule has 0 radical (unpaired) electrons. The lowest BCUT2D eigenvalue weighted by Crippen LogP contribution is -2.49.